The molecule has 0 amide bonds. The predicted octanol–water partition coefficient (Wildman–Crippen LogP) is 4.81. The smallest absolute Gasteiger partial charge is 0.338 e. The molecule has 0 N–H and O–H groups in total. The van der Waals surface area contributed by atoms with Crippen LogP contribution in [0.1, 0.15) is 34.6 Å². The molecule has 4 nitrogen and oxygen atoms in total. The topological polar surface area (TPSA) is 52.6 Å². The van der Waals surface area contributed by atoms with Crippen molar-refractivity contribution < 1.29 is 19.1 Å². The van der Waals surface area contributed by atoms with Gasteiger partial charge in [0.05, 0.1) is 24.3 Å². The zero-order valence-corrected chi connectivity index (χ0v) is 14.8. The van der Waals surface area contributed by atoms with Crippen molar-refractivity contribution >= 4 is 11.9 Å². The molecule has 2 aliphatic rings. The molecule has 0 aromatic heterocycles. The fourth-order valence-electron chi connectivity index (χ4n) is 3.03. The van der Waals surface area contributed by atoms with Crippen LogP contribution in [-0.4, -0.2) is 25.2 Å². The van der Waals surface area contributed by atoms with Gasteiger partial charge in [-0.25, -0.2) is 9.59 Å². The van der Waals surface area contributed by atoms with Crippen molar-refractivity contribution in [3.63, 3.8) is 0 Å². The summed E-state index contributed by atoms with van der Waals surface area (Å²) in [4.78, 5) is 25.0. The van der Waals surface area contributed by atoms with Crippen molar-refractivity contribution in [2.45, 2.75) is 13.8 Å². The minimum Gasteiger partial charge on any atom is -0.462 e. The second-order valence-corrected chi connectivity index (χ2v) is 5.70. The molecule has 0 bridgehead atoms. The molecule has 4 heteroatoms. The van der Waals surface area contributed by atoms with E-state index in [0.29, 0.717) is 22.3 Å². The van der Waals surface area contributed by atoms with Crippen LogP contribution in [0.2, 0.25) is 0 Å². The first-order valence-corrected chi connectivity index (χ1v) is 8.62. The summed E-state index contributed by atoms with van der Waals surface area (Å²) in [5, 5.41) is 0. The third kappa shape index (κ3) is 3.31. The Balaban J connectivity index is 2.28. The summed E-state index contributed by atoms with van der Waals surface area (Å²) < 4.78 is 10.4. The Morgan fingerprint density at radius 1 is 0.731 bits per heavy atom. The SMILES string of the molecule is CCOC(=O)c1cc(C(=O)OCC)c2c(-c3ccccc3)ccccc1-2. The molecule has 26 heavy (non-hydrogen) atoms. The van der Waals surface area contributed by atoms with E-state index in [1.165, 1.54) is 0 Å². The maximum atomic E-state index is 12.6. The Bertz CT molecular complexity index is 899. The Kier molecular flexibility index (Phi) is 5.32. The number of hydrogen-bond acceptors (Lipinski definition) is 4. The number of fused-ring (bicyclic) bond motifs is 1. The summed E-state index contributed by atoms with van der Waals surface area (Å²) in [5.74, 6) is -0.894. The van der Waals surface area contributed by atoms with Crippen molar-refractivity contribution in [3.8, 4) is 22.3 Å². The Hall–Kier alpha value is -3.14. The lowest BCUT2D eigenvalue weighted by Crippen LogP contribution is -2.05. The number of esters is 2. The summed E-state index contributed by atoms with van der Waals surface area (Å²) in [6, 6.07) is 18.9. The monoisotopic (exact) mass is 348 g/mol. The minimum atomic E-state index is -0.448. The van der Waals surface area contributed by atoms with Gasteiger partial charge in [0.2, 0.25) is 0 Å². The highest BCUT2D eigenvalue weighted by Crippen LogP contribution is 2.40. The number of hydrogen-bond donors (Lipinski definition) is 0. The van der Waals surface area contributed by atoms with Crippen LogP contribution in [0.3, 0.4) is 0 Å². The highest BCUT2D eigenvalue weighted by atomic mass is 16.5. The largest absolute Gasteiger partial charge is 0.462 e. The molecular weight excluding hydrogens is 328 g/mol. The van der Waals surface area contributed by atoms with Crippen LogP contribution in [0.5, 0.6) is 0 Å². The van der Waals surface area contributed by atoms with Crippen LogP contribution in [0, 0.1) is 0 Å². The number of carbonyl (C=O) groups is 2. The fourth-order valence-corrected chi connectivity index (χ4v) is 3.03. The van der Waals surface area contributed by atoms with E-state index in [4.69, 9.17) is 9.47 Å². The Labute approximate surface area is 152 Å². The van der Waals surface area contributed by atoms with Gasteiger partial charge < -0.3 is 9.47 Å². The molecule has 0 aliphatic heterocycles. The quantitative estimate of drug-likeness (QED) is 0.621. The van der Waals surface area contributed by atoms with Crippen molar-refractivity contribution in [3.05, 3.63) is 71.8 Å². The summed E-state index contributed by atoms with van der Waals surface area (Å²) >= 11 is 0. The standard InChI is InChI=1S/C22H20O4/c1-3-25-21(23)18-14-19(22(24)26-4-2)20-16(12-8-9-13-17(18)20)15-10-6-5-7-11-15/h5-14H,3-4H2,1-2H3. The average molecular weight is 348 g/mol. The van der Waals surface area contributed by atoms with Gasteiger partial charge in [0.1, 0.15) is 0 Å². The van der Waals surface area contributed by atoms with Gasteiger partial charge in [-0.3, -0.25) is 0 Å². The normalized spacial score (nSPS) is 10.5. The zero-order chi connectivity index (χ0) is 18.5. The van der Waals surface area contributed by atoms with E-state index in [2.05, 4.69) is 0 Å². The molecule has 0 fully saturated rings. The molecule has 0 heterocycles. The first-order chi connectivity index (χ1) is 12.7. The van der Waals surface area contributed by atoms with E-state index < -0.39 is 11.9 Å². The summed E-state index contributed by atoms with van der Waals surface area (Å²) in [6.07, 6.45) is 0. The van der Waals surface area contributed by atoms with Gasteiger partial charge in [0.15, 0.2) is 0 Å². The second-order valence-electron chi connectivity index (χ2n) is 5.70. The molecule has 132 valence electrons. The molecule has 0 saturated carbocycles. The van der Waals surface area contributed by atoms with Gasteiger partial charge >= 0.3 is 11.9 Å². The van der Waals surface area contributed by atoms with E-state index in [9.17, 15) is 9.59 Å². The third-order valence-corrected chi connectivity index (χ3v) is 4.10. The zero-order valence-electron chi connectivity index (χ0n) is 14.8. The molecule has 0 radical (unpaired) electrons. The number of benzene rings is 1. The van der Waals surface area contributed by atoms with Crippen molar-refractivity contribution in [1.82, 2.24) is 0 Å². The molecule has 2 aliphatic carbocycles. The van der Waals surface area contributed by atoms with Crippen molar-refractivity contribution in [2.24, 2.45) is 0 Å². The molecule has 0 unspecified atom stereocenters. The predicted molar refractivity (Wildman–Crippen MR) is 100 cm³/mol. The second kappa shape index (κ2) is 7.83. The average Bonchev–Trinajstić information content (AvgIpc) is 2.89. The van der Waals surface area contributed by atoms with Gasteiger partial charge in [-0.2, -0.15) is 0 Å². The summed E-state index contributed by atoms with van der Waals surface area (Å²) in [7, 11) is 0. The van der Waals surface area contributed by atoms with Crippen LogP contribution >= 0.6 is 0 Å². The van der Waals surface area contributed by atoms with Gasteiger partial charge in [-0.15, -0.1) is 0 Å². The van der Waals surface area contributed by atoms with E-state index >= 15 is 0 Å². The van der Waals surface area contributed by atoms with Crippen LogP contribution in [-0.2, 0) is 9.47 Å². The maximum Gasteiger partial charge on any atom is 0.338 e. The minimum absolute atomic E-state index is 0.264. The molecule has 0 spiro atoms. The van der Waals surface area contributed by atoms with Crippen molar-refractivity contribution in [1.29, 1.82) is 0 Å². The third-order valence-electron chi connectivity index (χ3n) is 4.10. The van der Waals surface area contributed by atoms with Gasteiger partial charge in [0.25, 0.3) is 0 Å². The number of carbonyl (C=O) groups excluding carboxylic acids is 2. The highest BCUT2D eigenvalue weighted by Gasteiger charge is 2.27. The van der Waals surface area contributed by atoms with Gasteiger partial charge in [-0.05, 0) is 36.6 Å². The molecule has 0 atom stereocenters. The summed E-state index contributed by atoms with van der Waals surface area (Å²) in [5.41, 5.74) is 3.95. The lowest BCUT2D eigenvalue weighted by Gasteiger charge is -2.09. The van der Waals surface area contributed by atoms with E-state index in [1.807, 2.05) is 54.6 Å². The van der Waals surface area contributed by atoms with Gasteiger partial charge in [0, 0.05) is 5.56 Å². The molecule has 1 aromatic carbocycles. The highest BCUT2D eigenvalue weighted by molar-refractivity contribution is 6.11. The number of ether oxygens (including phenoxy) is 2. The van der Waals surface area contributed by atoms with Crippen LogP contribution < -0.4 is 0 Å². The molecule has 3 rings (SSSR count). The Morgan fingerprint density at radius 2 is 1.27 bits per heavy atom. The fraction of sp³-hybridized carbons (Fsp3) is 0.182. The van der Waals surface area contributed by atoms with Crippen molar-refractivity contribution in [2.75, 3.05) is 13.2 Å². The van der Waals surface area contributed by atoms with Crippen LogP contribution in [0.25, 0.3) is 22.3 Å². The van der Waals surface area contributed by atoms with E-state index in [-0.39, 0.29) is 13.2 Å². The first-order valence-electron chi connectivity index (χ1n) is 8.62. The Morgan fingerprint density at radius 3 is 1.88 bits per heavy atom. The maximum absolute atomic E-state index is 12.6. The van der Waals surface area contributed by atoms with E-state index in [0.717, 1.165) is 11.1 Å². The first kappa shape index (κ1) is 17.7. The van der Waals surface area contributed by atoms with Crippen LogP contribution in [0.4, 0.5) is 0 Å². The molecule has 0 saturated heterocycles. The van der Waals surface area contributed by atoms with E-state index in [1.54, 1.807) is 19.9 Å². The van der Waals surface area contributed by atoms with Gasteiger partial charge in [-0.1, -0.05) is 54.6 Å². The molecular formula is C22H20O4. The van der Waals surface area contributed by atoms with Crippen LogP contribution in [0.15, 0.2) is 60.7 Å². The lowest BCUT2D eigenvalue weighted by molar-refractivity contribution is 0.0525. The summed E-state index contributed by atoms with van der Waals surface area (Å²) in [6.45, 7) is 4.04. The lowest BCUT2D eigenvalue weighted by atomic mass is 9.96. The molecule has 1 aromatic rings. The number of rotatable bonds is 5.